The van der Waals surface area contributed by atoms with E-state index in [1.807, 2.05) is 18.5 Å². The van der Waals surface area contributed by atoms with Crippen molar-refractivity contribution in [2.24, 2.45) is 5.73 Å². The van der Waals surface area contributed by atoms with Crippen molar-refractivity contribution in [1.29, 1.82) is 0 Å². The minimum Gasteiger partial charge on any atom is -0.330 e. The average molecular weight is 223 g/mol. The highest BCUT2D eigenvalue weighted by molar-refractivity contribution is 5.98. The highest BCUT2D eigenvalue weighted by Gasteiger charge is 2.18. The third kappa shape index (κ3) is 2.50. The van der Waals surface area contributed by atoms with Gasteiger partial charge in [-0.1, -0.05) is 0 Å². The van der Waals surface area contributed by atoms with Gasteiger partial charge in [-0.05, 0) is 40.7 Å². The minimum absolute atomic E-state index is 0.160. The Balaban J connectivity index is 3.00. The van der Waals surface area contributed by atoms with Crippen LogP contribution in [0.1, 0.15) is 54.5 Å². The Bertz CT molecular complexity index is 380. The van der Waals surface area contributed by atoms with Gasteiger partial charge >= 0.3 is 0 Å². The summed E-state index contributed by atoms with van der Waals surface area (Å²) in [5.74, 6) is 0.160. The number of nitrogens with zero attached hydrogens (tertiary/aromatic N) is 2. The molecule has 16 heavy (non-hydrogen) atoms. The Morgan fingerprint density at radius 2 is 2.06 bits per heavy atom. The van der Waals surface area contributed by atoms with E-state index < -0.39 is 0 Å². The Hall–Kier alpha value is -1.16. The lowest BCUT2D eigenvalue weighted by Crippen LogP contribution is -2.08. The number of rotatable bonds is 5. The smallest absolute Gasteiger partial charge is 0.166 e. The first kappa shape index (κ1) is 12.9. The summed E-state index contributed by atoms with van der Waals surface area (Å²) in [6, 6.07) is 0.287. The Morgan fingerprint density at radius 3 is 2.50 bits per heavy atom. The molecule has 0 unspecified atom stereocenters. The average Bonchev–Trinajstić information content (AvgIpc) is 2.51. The normalized spacial score (nSPS) is 11.1. The van der Waals surface area contributed by atoms with Gasteiger partial charge in [-0.3, -0.25) is 9.48 Å². The molecular formula is C12H21N3O. The molecule has 0 atom stereocenters. The number of carbonyl (C=O) groups excluding carboxylic acids is 1. The standard InChI is InChI=1S/C12H21N3O/c1-8(2)15-10(4)12(9(3)14-15)11(16)6-5-7-13/h8H,5-7,13H2,1-4H3. The Labute approximate surface area is 96.8 Å². The number of aromatic nitrogens is 2. The van der Waals surface area contributed by atoms with E-state index in [4.69, 9.17) is 5.73 Å². The molecule has 0 aliphatic rings. The fourth-order valence-electron chi connectivity index (χ4n) is 1.96. The van der Waals surface area contributed by atoms with E-state index in [-0.39, 0.29) is 11.8 Å². The molecule has 0 aliphatic carbocycles. The van der Waals surface area contributed by atoms with Crippen molar-refractivity contribution in [2.75, 3.05) is 6.54 Å². The van der Waals surface area contributed by atoms with Crippen molar-refractivity contribution >= 4 is 5.78 Å². The molecule has 1 heterocycles. The maximum atomic E-state index is 12.0. The summed E-state index contributed by atoms with van der Waals surface area (Å²) in [5, 5.41) is 4.40. The van der Waals surface area contributed by atoms with E-state index in [0.29, 0.717) is 13.0 Å². The summed E-state index contributed by atoms with van der Waals surface area (Å²) < 4.78 is 1.91. The van der Waals surface area contributed by atoms with Crippen molar-refractivity contribution in [3.05, 3.63) is 17.0 Å². The number of nitrogens with two attached hydrogens (primary N) is 1. The van der Waals surface area contributed by atoms with Crippen LogP contribution in [-0.2, 0) is 0 Å². The van der Waals surface area contributed by atoms with Crippen molar-refractivity contribution in [1.82, 2.24) is 9.78 Å². The zero-order chi connectivity index (χ0) is 12.3. The van der Waals surface area contributed by atoms with Crippen LogP contribution in [0.3, 0.4) is 0 Å². The molecule has 4 heteroatoms. The quantitative estimate of drug-likeness (QED) is 0.777. The van der Waals surface area contributed by atoms with Crippen LogP contribution in [0.4, 0.5) is 0 Å². The maximum Gasteiger partial charge on any atom is 0.166 e. The summed E-state index contributed by atoms with van der Waals surface area (Å²) in [4.78, 5) is 12.0. The zero-order valence-corrected chi connectivity index (χ0v) is 10.6. The molecule has 0 spiro atoms. The minimum atomic E-state index is 0.160. The summed E-state index contributed by atoms with van der Waals surface area (Å²) in [6.45, 7) is 8.53. The number of aryl methyl sites for hydroxylation is 1. The van der Waals surface area contributed by atoms with Gasteiger partial charge in [0.2, 0.25) is 0 Å². The van der Waals surface area contributed by atoms with Gasteiger partial charge in [-0.25, -0.2) is 0 Å². The third-order valence-corrected chi connectivity index (χ3v) is 2.70. The molecule has 90 valence electrons. The number of hydrogen-bond acceptors (Lipinski definition) is 3. The molecule has 0 amide bonds. The summed E-state index contributed by atoms with van der Waals surface area (Å²) in [6.07, 6.45) is 1.26. The third-order valence-electron chi connectivity index (χ3n) is 2.70. The van der Waals surface area contributed by atoms with Crippen molar-refractivity contribution in [3.63, 3.8) is 0 Å². The van der Waals surface area contributed by atoms with E-state index in [2.05, 4.69) is 18.9 Å². The molecule has 1 rings (SSSR count). The second kappa shape index (κ2) is 5.25. The first-order valence-electron chi connectivity index (χ1n) is 5.78. The molecule has 0 fully saturated rings. The van der Waals surface area contributed by atoms with Crippen molar-refractivity contribution in [3.8, 4) is 0 Å². The van der Waals surface area contributed by atoms with E-state index in [1.165, 1.54) is 0 Å². The van der Waals surface area contributed by atoms with Crippen LogP contribution in [0.15, 0.2) is 0 Å². The van der Waals surface area contributed by atoms with Gasteiger partial charge in [0.25, 0.3) is 0 Å². The summed E-state index contributed by atoms with van der Waals surface area (Å²) in [7, 11) is 0. The lowest BCUT2D eigenvalue weighted by molar-refractivity contribution is 0.0979. The molecule has 0 radical (unpaired) electrons. The fourth-order valence-corrected chi connectivity index (χ4v) is 1.96. The molecule has 0 bridgehead atoms. The highest BCUT2D eigenvalue weighted by Crippen LogP contribution is 2.19. The highest BCUT2D eigenvalue weighted by atomic mass is 16.1. The van der Waals surface area contributed by atoms with Crippen molar-refractivity contribution in [2.45, 2.75) is 46.6 Å². The van der Waals surface area contributed by atoms with E-state index in [9.17, 15) is 4.79 Å². The van der Waals surface area contributed by atoms with Gasteiger partial charge < -0.3 is 5.73 Å². The van der Waals surface area contributed by atoms with Crippen LogP contribution in [0.5, 0.6) is 0 Å². The number of ketones is 1. The molecule has 1 aromatic heterocycles. The zero-order valence-electron chi connectivity index (χ0n) is 10.6. The summed E-state index contributed by atoms with van der Waals surface area (Å²) >= 11 is 0. The van der Waals surface area contributed by atoms with Crippen LogP contribution in [0.2, 0.25) is 0 Å². The Morgan fingerprint density at radius 1 is 1.44 bits per heavy atom. The number of Topliss-reactive ketones (excluding diaryl/α,β-unsaturated/α-hetero) is 1. The van der Waals surface area contributed by atoms with Gasteiger partial charge in [0.15, 0.2) is 5.78 Å². The number of hydrogen-bond donors (Lipinski definition) is 1. The first-order valence-corrected chi connectivity index (χ1v) is 5.78. The Kier molecular flexibility index (Phi) is 4.24. The predicted molar refractivity (Wildman–Crippen MR) is 64.7 cm³/mol. The molecule has 0 saturated carbocycles. The van der Waals surface area contributed by atoms with E-state index >= 15 is 0 Å². The van der Waals surface area contributed by atoms with E-state index in [1.54, 1.807) is 0 Å². The first-order chi connectivity index (χ1) is 7.49. The predicted octanol–water partition coefficient (Wildman–Crippen LogP) is 2.00. The molecule has 0 aromatic carbocycles. The lowest BCUT2D eigenvalue weighted by Gasteiger charge is -2.08. The molecule has 4 nitrogen and oxygen atoms in total. The largest absolute Gasteiger partial charge is 0.330 e. The lowest BCUT2D eigenvalue weighted by atomic mass is 10.0. The molecular weight excluding hydrogens is 202 g/mol. The van der Waals surface area contributed by atoms with Gasteiger partial charge in [0.05, 0.1) is 11.3 Å². The van der Waals surface area contributed by atoms with Gasteiger partial charge in [0.1, 0.15) is 0 Å². The van der Waals surface area contributed by atoms with Gasteiger partial charge in [0, 0.05) is 18.2 Å². The number of carbonyl (C=O) groups is 1. The molecule has 0 aliphatic heterocycles. The van der Waals surface area contributed by atoms with Gasteiger partial charge in [-0.2, -0.15) is 5.10 Å². The molecule has 1 aromatic rings. The topological polar surface area (TPSA) is 60.9 Å². The van der Waals surface area contributed by atoms with Crippen LogP contribution in [0.25, 0.3) is 0 Å². The van der Waals surface area contributed by atoms with Gasteiger partial charge in [-0.15, -0.1) is 0 Å². The van der Waals surface area contributed by atoms with Crippen LogP contribution < -0.4 is 5.73 Å². The van der Waals surface area contributed by atoms with E-state index in [0.717, 1.165) is 23.4 Å². The summed E-state index contributed by atoms with van der Waals surface area (Å²) in [5.41, 5.74) is 7.99. The monoisotopic (exact) mass is 223 g/mol. The van der Waals surface area contributed by atoms with Crippen LogP contribution in [-0.4, -0.2) is 22.1 Å². The SMILES string of the molecule is Cc1nn(C(C)C)c(C)c1C(=O)CCCN. The molecule has 2 N–H and O–H groups in total. The molecule has 0 saturated heterocycles. The second-order valence-electron chi connectivity index (χ2n) is 4.40. The van der Waals surface area contributed by atoms with Crippen LogP contribution in [0, 0.1) is 13.8 Å². The second-order valence-corrected chi connectivity index (χ2v) is 4.40. The van der Waals surface area contributed by atoms with Crippen LogP contribution >= 0.6 is 0 Å². The maximum absolute atomic E-state index is 12.0. The van der Waals surface area contributed by atoms with Crippen molar-refractivity contribution < 1.29 is 4.79 Å². The fraction of sp³-hybridized carbons (Fsp3) is 0.667.